The molecule has 0 saturated heterocycles. The fraction of sp³-hybridized carbons (Fsp3) is 0.737. The van der Waals surface area contributed by atoms with Crippen molar-refractivity contribution in [3.05, 3.63) is 24.3 Å². The molecule has 1 saturated carbocycles. The van der Waals surface area contributed by atoms with Gasteiger partial charge in [-0.05, 0) is 45.4 Å². The zero-order valence-electron chi connectivity index (χ0n) is 15.7. The predicted octanol–water partition coefficient (Wildman–Crippen LogP) is 3.19. The molecule has 2 rings (SSSR count). The normalized spacial score (nSPS) is 26.0. The van der Waals surface area contributed by atoms with Crippen molar-refractivity contribution in [1.29, 1.82) is 0 Å². The predicted molar refractivity (Wildman–Crippen MR) is 98.4 cm³/mol. The van der Waals surface area contributed by atoms with Gasteiger partial charge in [-0.2, -0.15) is 0 Å². The molecule has 0 radical (unpaired) electrons. The fourth-order valence-corrected chi connectivity index (χ4v) is 3.75. The molecule has 1 aliphatic heterocycles. The van der Waals surface area contributed by atoms with E-state index in [1.165, 1.54) is 5.82 Å². The molecule has 5 heteroatoms. The Labute approximate surface area is 146 Å². The van der Waals surface area contributed by atoms with Gasteiger partial charge >= 0.3 is 0 Å². The van der Waals surface area contributed by atoms with Crippen LogP contribution in [0.15, 0.2) is 29.3 Å². The number of hydrogen-bond acceptors (Lipinski definition) is 5. The lowest BCUT2D eigenvalue weighted by Crippen LogP contribution is -2.35. The average molecular weight is 335 g/mol. The summed E-state index contributed by atoms with van der Waals surface area (Å²) in [5.41, 5.74) is 1.16. The van der Waals surface area contributed by atoms with E-state index in [9.17, 15) is 5.11 Å². The van der Waals surface area contributed by atoms with Gasteiger partial charge in [-0.25, -0.2) is 4.99 Å². The molecular formula is C19H33N3O2. The number of hydrogen-bond donors (Lipinski definition) is 1. The third-order valence-corrected chi connectivity index (χ3v) is 5.06. The number of aliphatic imine (C=N–C) groups is 1. The third-order valence-electron chi connectivity index (χ3n) is 5.06. The summed E-state index contributed by atoms with van der Waals surface area (Å²) in [4.78, 5) is 9.06. The lowest BCUT2D eigenvalue weighted by molar-refractivity contribution is -0.109. The van der Waals surface area contributed by atoms with Crippen molar-refractivity contribution >= 4 is 5.71 Å². The summed E-state index contributed by atoms with van der Waals surface area (Å²) < 4.78 is 5.27. The van der Waals surface area contributed by atoms with E-state index in [-0.39, 0.29) is 0 Å². The Morgan fingerprint density at radius 1 is 1.33 bits per heavy atom. The Morgan fingerprint density at radius 2 is 2.00 bits per heavy atom. The highest BCUT2D eigenvalue weighted by atomic mass is 16.6. The summed E-state index contributed by atoms with van der Waals surface area (Å²) in [6.07, 6.45) is 6.87. The lowest BCUT2D eigenvalue weighted by atomic mass is 9.78. The van der Waals surface area contributed by atoms with Gasteiger partial charge in [0.2, 0.25) is 0 Å². The summed E-state index contributed by atoms with van der Waals surface area (Å²) in [5, 5.41) is 9.82. The Bertz CT molecular complexity index is 491. The molecule has 0 aromatic rings. The highest BCUT2D eigenvalue weighted by Crippen LogP contribution is 2.34. The van der Waals surface area contributed by atoms with Crippen LogP contribution in [-0.4, -0.2) is 54.2 Å². The summed E-state index contributed by atoms with van der Waals surface area (Å²) in [7, 11) is 4.13. The largest absolute Gasteiger partial charge is 0.368 e. The van der Waals surface area contributed by atoms with Crippen molar-refractivity contribution < 1.29 is 9.84 Å². The van der Waals surface area contributed by atoms with Crippen LogP contribution in [0.3, 0.4) is 0 Å². The Kier molecular flexibility index (Phi) is 6.87. The molecule has 1 fully saturated rings. The minimum atomic E-state index is -0.610. The number of ether oxygens (including phenoxy) is 1. The van der Waals surface area contributed by atoms with Gasteiger partial charge in [0.1, 0.15) is 11.6 Å². The van der Waals surface area contributed by atoms with Crippen molar-refractivity contribution in [1.82, 2.24) is 9.80 Å². The third kappa shape index (κ3) is 4.61. The van der Waals surface area contributed by atoms with E-state index in [1.54, 1.807) is 0 Å². The van der Waals surface area contributed by atoms with Crippen molar-refractivity contribution in [2.24, 2.45) is 16.8 Å². The van der Waals surface area contributed by atoms with Crippen molar-refractivity contribution in [2.75, 3.05) is 27.2 Å². The quantitative estimate of drug-likeness (QED) is 0.726. The fourth-order valence-electron chi connectivity index (χ4n) is 3.75. The summed E-state index contributed by atoms with van der Waals surface area (Å²) in [6.45, 7) is 9.63. The van der Waals surface area contributed by atoms with E-state index in [1.807, 2.05) is 6.92 Å². The first-order chi connectivity index (χ1) is 11.5. The molecule has 1 atom stereocenters. The molecule has 24 heavy (non-hydrogen) atoms. The number of allylic oxidation sites excluding steroid dienone is 1. The molecule has 2 aliphatic rings. The van der Waals surface area contributed by atoms with Gasteiger partial charge in [-0.1, -0.05) is 6.58 Å². The van der Waals surface area contributed by atoms with Gasteiger partial charge in [0.15, 0.2) is 6.29 Å². The van der Waals surface area contributed by atoms with Crippen molar-refractivity contribution in [3.63, 3.8) is 0 Å². The minimum absolute atomic E-state index is 0.496. The smallest absolute Gasteiger partial charge is 0.154 e. The molecule has 0 spiro atoms. The van der Waals surface area contributed by atoms with E-state index >= 15 is 0 Å². The maximum Gasteiger partial charge on any atom is 0.154 e. The molecule has 0 aromatic carbocycles. The molecule has 0 bridgehead atoms. The molecule has 1 aliphatic carbocycles. The van der Waals surface area contributed by atoms with Gasteiger partial charge in [0.25, 0.3) is 0 Å². The van der Waals surface area contributed by atoms with Gasteiger partial charge in [-0.15, -0.1) is 0 Å². The Morgan fingerprint density at radius 3 is 2.54 bits per heavy atom. The summed E-state index contributed by atoms with van der Waals surface area (Å²) in [6, 6.07) is 0. The zero-order chi connectivity index (χ0) is 17.7. The highest BCUT2D eigenvalue weighted by Gasteiger charge is 2.28. The number of aliphatic hydroxyl groups excluding tert-OH is 1. The van der Waals surface area contributed by atoms with E-state index in [0.717, 1.165) is 50.2 Å². The number of rotatable bonds is 7. The second-order valence-corrected chi connectivity index (χ2v) is 6.96. The lowest BCUT2D eigenvalue weighted by Gasteiger charge is -2.36. The van der Waals surface area contributed by atoms with Gasteiger partial charge in [0.05, 0.1) is 0 Å². The topological polar surface area (TPSA) is 48.3 Å². The molecule has 5 nitrogen and oxygen atoms in total. The zero-order valence-corrected chi connectivity index (χ0v) is 15.7. The van der Waals surface area contributed by atoms with Gasteiger partial charge in [-0.3, -0.25) is 0 Å². The first-order valence-corrected chi connectivity index (χ1v) is 9.19. The first kappa shape index (κ1) is 19.0. The van der Waals surface area contributed by atoms with Crippen LogP contribution in [-0.2, 0) is 4.74 Å². The summed E-state index contributed by atoms with van der Waals surface area (Å²) in [5.74, 6) is 3.06. The van der Waals surface area contributed by atoms with Crippen LogP contribution in [0.1, 0.15) is 46.0 Å². The second kappa shape index (κ2) is 8.67. The first-order valence-electron chi connectivity index (χ1n) is 9.19. The van der Waals surface area contributed by atoms with Crippen LogP contribution in [0.2, 0.25) is 0 Å². The van der Waals surface area contributed by atoms with Crippen LogP contribution < -0.4 is 0 Å². The van der Waals surface area contributed by atoms with E-state index in [4.69, 9.17) is 9.73 Å². The molecule has 1 unspecified atom stereocenters. The highest BCUT2D eigenvalue weighted by molar-refractivity contribution is 5.98. The van der Waals surface area contributed by atoms with E-state index < -0.39 is 6.29 Å². The molecule has 0 amide bonds. The van der Waals surface area contributed by atoms with E-state index in [0.29, 0.717) is 18.4 Å². The number of nitrogens with zero attached hydrogens (tertiary/aromatic N) is 3. The molecule has 0 aromatic heterocycles. The molecule has 1 heterocycles. The number of aliphatic hydroxyl groups is 1. The van der Waals surface area contributed by atoms with Gasteiger partial charge < -0.3 is 19.6 Å². The van der Waals surface area contributed by atoms with E-state index in [2.05, 4.69) is 43.5 Å². The second-order valence-electron chi connectivity index (χ2n) is 6.96. The standard InChI is InChI=1S/C19H33N3O2/c1-6-22-14(3)20-17(13-18(22)21(4)5)16-10-8-15(9-11-16)12-19(23)24-7-2/h13,15-16,19,23H,3,6-12H2,1-2,4-5H3. The minimum Gasteiger partial charge on any atom is -0.368 e. The average Bonchev–Trinajstić information content (AvgIpc) is 2.54. The van der Waals surface area contributed by atoms with Crippen LogP contribution in [0.4, 0.5) is 0 Å². The Balaban J connectivity index is 1.97. The monoisotopic (exact) mass is 335 g/mol. The van der Waals surface area contributed by atoms with Crippen LogP contribution in [0, 0.1) is 11.8 Å². The van der Waals surface area contributed by atoms with Gasteiger partial charge in [0, 0.05) is 51.4 Å². The Hall–Kier alpha value is -1.33. The van der Waals surface area contributed by atoms with Crippen LogP contribution in [0.5, 0.6) is 0 Å². The SMILES string of the molecule is C=C1N=C(C2CCC(CC(O)OCC)CC2)C=C(N(C)C)N1CC. The van der Waals surface area contributed by atoms with Crippen molar-refractivity contribution in [2.45, 2.75) is 52.2 Å². The molecule has 136 valence electrons. The van der Waals surface area contributed by atoms with Crippen LogP contribution >= 0.6 is 0 Å². The molecule has 1 N–H and O–H groups in total. The maximum absolute atomic E-state index is 9.82. The maximum atomic E-state index is 9.82. The van der Waals surface area contributed by atoms with Crippen LogP contribution in [0.25, 0.3) is 0 Å². The molecular weight excluding hydrogens is 302 g/mol. The summed E-state index contributed by atoms with van der Waals surface area (Å²) >= 11 is 0. The van der Waals surface area contributed by atoms with Crippen molar-refractivity contribution in [3.8, 4) is 0 Å².